The van der Waals surface area contributed by atoms with Crippen LogP contribution < -0.4 is 14.8 Å². The summed E-state index contributed by atoms with van der Waals surface area (Å²) in [6.45, 7) is 5.62. The number of hydrogen-bond donors (Lipinski definition) is 2. The van der Waals surface area contributed by atoms with Gasteiger partial charge in [-0.2, -0.15) is 4.31 Å². The van der Waals surface area contributed by atoms with Gasteiger partial charge in [-0.3, -0.25) is 4.79 Å². The molecule has 0 aromatic heterocycles. The summed E-state index contributed by atoms with van der Waals surface area (Å²) in [6, 6.07) is 22.7. The van der Waals surface area contributed by atoms with E-state index in [1.54, 1.807) is 18.2 Å². The maximum atomic E-state index is 13.9. The average molecular weight is 555 g/mol. The predicted molar refractivity (Wildman–Crippen MR) is 151 cm³/mol. The van der Waals surface area contributed by atoms with Gasteiger partial charge in [0.15, 0.2) is 6.61 Å². The van der Waals surface area contributed by atoms with Crippen LogP contribution in [0.1, 0.15) is 31.4 Å². The zero-order valence-electron chi connectivity index (χ0n) is 23.0. The normalized spacial score (nSPS) is 13.2. The Morgan fingerprint density at radius 3 is 2.26 bits per heavy atom. The summed E-state index contributed by atoms with van der Waals surface area (Å²) < 4.78 is 39.8. The van der Waals surface area contributed by atoms with Crippen LogP contribution in [0.4, 0.5) is 0 Å². The molecule has 0 saturated carbocycles. The molecule has 8 nitrogen and oxygen atoms in total. The Balaban J connectivity index is 1.84. The highest BCUT2D eigenvalue weighted by molar-refractivity contribution is 7.89. The van der Waals surface area contributed by atoms with Crippen molar-refractivity contribution in [3.8, 4) is 11.5 Å². The molecular formula is C30H38N2O6S. The lowest BCUT2D eigenvalue weighted by atomic mass is 9.98. The molecule has 3 aromatic rings. The van der Waals surface area contributed by atoms with E-state index in [0.717, 1.165) is 15.4 Å². The molecule has 1 amide bonds. The Bertz CT molecular complexity index is 1310. The van der Waals surface area contributed by atoms with Gasteiger partial charge in [0.25, 0.3) is 5.91 Å². The first-order valence-corrected chi connectivity index (χ1v) is 14.4. The van der Waals surface area contributed by atoms with Crippen LogP contribution in [-0.4, -0.2) is 56.3 Å². The second kappa shape index (κ2) is 13.6. The predicted octanol–water partition coefficient (Wildman–Crippen LogP) is 4.17. The number of methoxy groups -OCH3 is 1. The minimum absolute atomic E-state index is 0.0277. The van der Waals surface area contributed by atoms with Crippen LogP contribution >= 0.6 is 0 Å². The van der Waals surface area contributed by atoms with E-state index < -0.39 is 15.7 Å². The SMILES string of the molecule is COc1ccc(S(=O)(=O)N(CC(C)C)C(O)(CCNC(=O)COc2ccccc2C)Cc2ccccc2)cc1. The monoisotopic (exact) mass is 554 g/mol. The second-order valence-electron chi connectivity index (χ2n) is 9.90. The Kier molecular flexibility index (Phi) is 10.5. The molecule has 2 N–H and O–H groups in total. The molecule has 1 atom stereocenters. The van der Waals surface area contributed by atoms with Gasteiger partial charge in [-0.05, 0) is 54.3 Å². The number of aliphatic hydroxyl groups is 1. The van der Waals surface area contributed by atoms with Gasteiger partial charge in [-0.1, -0.05) is 62.4 Å². The van der Waals surface area contributed by atoms with Gasteiger partial charge in [-0.15, -0.1) is 0 Å². The fourth-order valence-electron chi connectivity index (χ4n) is 4.24. The van der Waals surface area contributed by atoms with Crippen molar-refractivity contribution >= 4 is 15.9 Å². The third-order valence-electron chi connectivity index (χ3n) is 6.27. The molecule has 0 saturated heterocycles. The Labute approximate surface area is 231 Å². The zero-order valence-corrected chi connectivity index (χ0v) is 23.8. The van der Waals surface area contributed by atoms with Crippen LogP contribution in [0.25, 0.3) is 0 Å². The first-order valence-electron chi connectivity index (χ1n) is 12.9. The average Bonchev–Trinajstić information content (AvgIpc) is 2.91. The minimum atomic E-state index is -4.11. The highest BCUT2D eigenvalue weighted by Crippen LogP contribution is 2.31. The first kappa shape index (κ1) is 30.1. The van der Waals surface area contributed by atoms with E-state index in [1.807, 2.05) is 69.3 Å². The number of carbonyl (C=O) groups is 1. The largest absolute Gasteiger partial charge is 0.497 e. The summed E-state index contributed by atoms with van der Waals surface area (Å²) in [5.74, 6) is 0.702. The summed E-state index contributed by atoms with van der Waals surface area (Å²) in [5, 5.41) is 14.8. The van der Waals surface area contributed by atoms with Crippen molar-refractivity contribution in [1.29, 1.82) is 0 Å². The van der Waals surface area contributed by atoms with Crippen molar-refractivity contribution in [1.82, 2.24) is 9.62 Å². The van der Waals surface area contributed by atoms with Gasteiger partial charge in [0.05, 0.1) is 12.0 Å². The van der Waals surface area contributed by atoms with Crippen molar-refractivity contribution in [2.45, 2.75) is 44.2 Å². The molecular weight excluding hydrogens is 516 g/mol. The second-order valence-corrected chi connectivity index (χ2v) is 11.8. The molecule has 0 aliphatic rings. The zero-order chi connectivity index (χ0) is 28.5. The molecule has 9 heteroatoms. The third-order valence-corrected chi connectivity index (χ3v) is 8.21. The van der Waals surface area contributed by atoms with Crippen LogP contribution in [0.15, 0.2) is 83.8 Å². The molecule has 0 spiro atoms. The Hall–Kier alpha value is -3.40. The molecule has 0 heterocycles. The summed E-state index contributed by atoms with van der Waals surface area (Å²) in [4.78, 5) is 12.6. The van der Waals surface area contributed by atoms with Crippen LogP contribution in [0, 0.1) is 12.8 Å². The summed E-state index contributed by atoms with van der Waals surface area (Å²) in [7, 11) is -2.60. The number of sulfonamides is 1. The fraction of sp³-hybridized carbons (Fsp3) is 0.367. The quantitative estimate of drug-likeness (QED) is 0.290. The highest BCUT2D eigenvalue weighted by Gasteiger charge is 2.43. The standard InChI is InChI=1S/C30H38N2O6S/c1-23(2)21-32(39(35,36)27-16-14-26(37-4)15-17-27)30(34,20-25-11-6-5-7-12-25)18-19-31-29(33)22-38-28-13-9-8-10-24(28)3/h5-17,23,34H,18-22H2,1-4H3,(H,31,33). The van der Waals surface area contributed by atoms with E-state index in [-0.39, 0.29) is 49.3 Å². The molecule has 0 bridgehead atoms. The van der Waals surface area contributed by atoms with Gasteiger partial charge in [-0.25, -0.2) is 8.42 Å². The number of nitrogens with zero attached hydrogens (tertiary/aromatic N) is 1. The maximum Gasteiger partial charge on any atom is 0.257 e. The number of aryl methyl sites for hydroxylation is 1. The molecule has 3 rings (SSSR count). The number of hydrogen-bond acceptors (Lipinski definition) is 6. The third kappa shape index (κ3) is 8.29. The molecule has 0 radical (unpaired) electrons. The highest BCUT2D eigenvalue weighted by atomic mass is 32.2. The summed E-state index contributed by atoms with van der Waals surface area (Å²) >= 11 is 0. The molecule has 1 unspecified atom stereocenters. The lowest BCUT2D eigenvalue weighted by Gasteiger charge is -2.40. The molecule has 0 aliphatic heterocycles. The van der Waals surface area contributed by atoms with Crippen LogP contribution in [0.5, 0.6) is 11.5 Å². The summed E-state index contributed by atoms with van der Waals surface area (Å²) in [6.07, 6.45) is 0.0195. The number of para-hydroxylation sites is 1. The number of nitrogens with one attached hydrogen (secondary N) is 1. The van der Waals surface area contributed by atoms with Gasteiger partial charge < -0.3 is 19.9 Å². The Morgan fingerprint density at radius 1 is 1.00 bits per heavy atom. The smallest absolute Gasteiger partial charge is 0.257 e. The van der Waals surface area contributed by atoms with E-state index in [4.69, 9.17) is 9.47 Å². The topological polar surface area (TPSA) is 105 Å². The van der Waals surface area contributed by atoms with E-state index in [2.05, 4.69) is 5.32 Å². The van der Waals surface area contributed by atoms with Crippen molar-refractivity contribution in [3.05, 3.63) is 90.0 Å². The maximum absolute atomic E-state index is 13.9. The number of carbonyl (C=O) groups excluding carboxylic acids is 1. The number of benzene rings is 3. The first-order chi connectivity index (χ1) is 18.5. The molecule has 0 fully saturated rings. The molecule has 39 heavy (non-hydrogen) atoms. The lowest BCUT2D eigenvalue weighted by Crippen LogP contribution is -2.56. The van der Waals surface area contributed by atoms with E-state index >= 15 is 0 Å². The fourth-order valence-corrected chi connectivity index (χ4v) is 6.07. The molecule has 210 valence electrons. The van der Waals surface area contributed by atoms with Crippen molar-refractivity contribution in [2.75, 3.05) is 26.8 Å². The van der Waals surface area contributed by atoms with Crippen molar-refractivity contribution < 1.29 is 27.8 Å². The van der Waals surface area contributed by atoms with Gasteiger partial charge >= 0.3 is 0 Å². The minimum Gasteiger partial charge on any atom is -0.497 e. The Morgan fingerprint density at radius 2 is 1.64 bits per heavy atom. The van der Waals surface area contributed by atoms with Crippen molar-refractivity contribution in [3.63, 3.8) is 0 Å². The van der Waals surface area contributed by atoms with Crippen molar-refractivity contribution in [2.24, 2.45) is 5.92 Å². The molecule has 0 aliphatic carbocycles. The van der Waals surface area contributed by atoms with E-state index in [1.165, 1.54) is 19.2 Å². The van der Waals surface area contributed by atoms with Crippen LogP contribution in [-0.2, 0) is 21.2 Å². The van der Waals surface area contributed by atoms with E-state index in [0.29, 0.717) is 11.5 Å². The van der Waals surface area contributed by atoms with Gasteiger partial charge in [0.1, 0.15) is 17.2 Å². The van der Waals surface area contributed by atoms with Gasteiger partial charge in [0, 0.05) is 25.9 Å². The lowest BCUT2D eigenvalue weighted by molar-refractivity contribution is -0.123. The van der Waals surface area contributed by atoms with Gasteiger partial charge in [0.2, 0.25) is 10.0 Å². The number of amides is 1. The molecule has 3 aromatic carbocycles. The summed E-state index contributed by atoms with van der Waals surface area (Å²) in [5.41, 5.74) is -0.127. The number of rotatable bonds is 14. The van der Waals surface area contributed by atoms with E-state index in [9.17, 15) is 18.3 Å². The number of ether oxygens (including phenoxy) is 2. The van der Waals surface area contributed by atoms with Crippen LogP contribution in [0.3, 0.4) is 0 Å². The van der Waals surface area contributed by atoms with Crippen LogP contribution in [0.2, 0.25) is 0 Å².